The Morgan fingerprint density at radius 1 is 1.14 bits per heavy atom. The molecule has 3 unspecified atom stereocenters. The monoisotopic (exact) mass is 389 g/mol. The summed E-state index contributed by atoms with van der Waals surface area (Å²) in [6.45, 7) is 3.72. The lowest BCUT2D eigenvalue weighted by atomic mass is 9.98. The summed E-state index contributed by atoms with van der Waals surface area (Å²) in [5.74, 6) is -0.943. The molecule has 6 heteroatoms. The van der Waals surface area contributed by atoms with E-state index in [9.17, 15) is 14.7 Å². The Labute approximate surface area is 166 Å². The molecule has 28 heavy (non-hydrogen) atoms. The number of benzene rings is 1. The van der Waals surface area contributed by atoms with Crippen molar-refractivity contribution in [2.45, 2.75) is 69.7 Å². The van der Waals surface area contributed by atoms with Crippen LogP contribution in [0.1, 0.15) is 51.0 Å². The van der Waals surface area contributed by atoms with Crippen LogP contribution >= 0.6 is 0 Å². The van der Waals surface area contributed by atoms with E-state index in [1.165, 1.54) is 0 Å². The first-order valence-electron chi connectivity index (χ1n) is 10.2. The van der Waals surface area contributed by atoms with Crippen LogP contribution in [0.25, 0.3) is 0 Å². The van der Waals surface area contributed by atoms with Crippen LogP contribution in [0.4, 0.5) is 0 Å². The highest BCUT2D eigenvalue weighted by Gasteiger charge is 2.48. The van der Waals surface area contributed by atoms with E-state index < -0.39 is 11.9 Å². The number of hydrogen-bond donors (Lipinski definition) is 1. The number of carbonyl (C=O) groups is 2. The fourth-order valence-corrected chi connectivity index (χ4v) is 4.40. The van der Waals surface area contributed by atoms with Crippen molar-refractivity contribution in [3.8, 4) is 0 Å². The summed E-state index contributed by atoms with van der Waals surface area (Å²) in [7, 11) is 2.05. The number of nitrogens with zero attached hydrogens (tertiary/aromatic N) is 1. The molecular formula is C22H31NO5. The first kappa shape index (κ1) is 20.8. The smallest absolute Gasteiger partial charge is 0.316 e. The summed E-state index contributed by atoms with van der Waals surface area (Å²) in [5.41, 5.74) is 0.756. The first-order valence-corrected chi connectivity index (χ1v) is 10.2. The SMILES string of the molecule is CC(C)CC(=O)OC1C[C@@H]2CC(OC(=O)C(CO)c3ccccc3)C[C@H]1N2C. The van der Waals surface area contributed by atoms with Crippen molar-refractivity contribution in [1.29, 1.82) is 0 Å². The van der Waals surface area contributed by atoms with Gasteiger partial charge < -0.3 is 14.6 Å². The lowest BCUT2D eigenvalue weighted by Gasteiger charge is -2.36. The zero-order chi connectivity index (χ0) is 20.3. The molecule has 0 spiro atoms. The maximum absolute atomic E-state index is 12.7. The van der Waals surface area contributed by atoms with E-state index in [0.717, 1.165) is 18.4 Å². The van der Waals surface area contributed by atoms with E-state index >= 15 is 0 Å². The minimum absolute atomic E-state index is 0.0666. The second-order valence-electron chi connectivity index (χ2n) is 8.42. The van der Waals surface area contributed by atoms with Crippen LogP contribution in [0.2, 0.25) is 0 Å². The molecule has 1 N–H and O–H groups in total. The van der Waals surface area contributed by atoms with Gasteiger partial charge in [-0.05, 0) is 18.5 Å². The van der Waals surface area contributed by atoms with E-state index in [0.29, 0.717) is 12.8 Å². The largest absolute Gasteiger partial charge is 0.462 e. The van der Waals surface area contributed by atoms with Crippen LogP contribution in [0.15, 0.2) is 30.3 Å². The van der Waals surface area contributed by atoms with Crippen molar-refractivity contribution < 1.29 is 24.2 Å². The molecule has 1 aromatic rings. The Kier molecular flexibility index (Phi) is 6.73. The van der Waals surface area contributed by atoms with Gasteiger partial charge in [-0.25, -0.2) is 0 Å². The highest BCUT2D eigenvalue weighted by Crippen LogP contribution is 2.38. The molecule has 0 aromatic heterocycles. The third-order valence-corrected chi connectivity index (χ3v) is 5.88. The fourth-order valence-electron chi connectivity index (χ4n) is 4.40. The van der Waals surface area contributed by atoms with E-state index in [-0.39, 0.29) is 42.8 Å². The Morgan fingerprint density at radius 2 is 1.86 bits per heavy atom. The topological polar surface area (TPSA) is 76.1 Å². The molecule has 2 aliphatic heterocycles. The zero-order valence-corrected chi connectivity index (χ0v) is 16.9. The maximum atomic E-state index is 12.7. The lowest BCUT2D eigenvalue weighted by Crippen LogP contribution is -2.46. The van der Waals surface area contributed by atoms with Gasteiger partial charge in [-0.1, -0.05) is 44.2 Å². The van der Waals surface area contributed by atoms with Crippen LogP contribution < -0.4 is 0 Å². The van der Waals surface area contributed by atoms with Gasteiger partial charge in [-0.2, -0.15) is 0 Å². The fraction of sp³-hybridized carbons (Fsp3) is 0.636. The van der Waals surface area contributed by atoms with Crippen molar-refractivity contribution in [1.82, 2.24) is 4.90 Å². The Balaban J connectivity index is 1.60. The molecule has 3 rings (SSSR count). The van der Waals surface area contributed by atoms with Crippen LogP contribution in [0.5, 0.6) is 0 Å². The molecule has 1 aromatic carbocycles. The quantitative estimate of drug-likeness (QED) is 0.722. The van der Waals surface area contributed by atoms with Gasteiger partial charge in [0.25, 0.3) is 0 Å². The number of fused-ring (bicyclic) bond motifs is 2. The Bertz CT molecular complexity index is 677. The molecule has 2 bridgehead atoms. The standard InChI is InChI=1S/C22H31NO5/c1-14(2)9-21(25)28-20-11-16-10-17(12-19(20)23(16)3)27-22(26)18(13-24)15-7-5-4-6-8-15/h4-8,14,16-20,24H,9-13H2,1-3H3/t16-,17?,18?,19+,20?/m0/s1. The van der Waals surface area contributed by atoms with Gasteiger partial charge in [0.1, 0.15) is 18.1 Å². The predicted octanol–water partition coefficient (Wildman–Crippen LogP) is 2.50. The van der Waals surface area contributed by atoms with Crippen LogP contribution in [0.3, 0.4) is 0 Å². The highest BCUT2D eigenvalue weighted by atomic mass is 16.6. The van der Waals surface area contributed by atoms with E-state index in [2.05, 4.69) is 4.90 Å². The number of likely N-dealkylation sites (N-methyl/N-ethyl adjacent to an activating group) is 1. The summed E-state index contributed by atoms with van der Waals surface area (Å²) in [6, 6.07) is 9.51. The number of piperidine rings is 1. The van der Waals surface area contributed by atoms with Crippen molar-refractivity contribution >= 4 is 11.9 Å². The van der Waals surface area contributed by atoms with Gasteiger partial charge in [-0.15, -0.1) is 0 Å². The second-order valence-corrected chi connectivity index (χ2v) is 8.42. The minimum atomic E-state index is -0.668. The molecule has 5 atom stereocenters. The lowest BCUT2D eigenvalue weighted by molar-refractivity contribution is -0.158. The normalized spacial score (nSPS) is 28.2. The Hall–Kier alpha value is -1.92. The number of hydrogen-bond acceptors (Lipinski definition) is 6. The molecule has 0 amide bonds. The summed E-state index contributed by atoms with van der Waals surface area (Å²) >= 11 is 0. The van der Waals surface area contributed by atoms with Gasteiger partial charge >= 0.3 is 11.9 Å². The zero-order valence-electron chi connectivity index (χ0n) is 16.9. The van der Waals surface area contributed by atoms with Gasteiger partial charge in [-0.3, -0.25) is 14.5 Å². The van der Waals surface area contributed by atoms with Gasteiger partial charge in [0.05, 0.1) is 12.6 Å². The average molecular weight is 389 g/mol. The second kappa shape index (κ2) is 9.05. The third-order valence-electron chi connectivity index (χ3n) is 5.88. The van der Waals surface area contributed by atoms with Crippen LogP contribution in [0, 0.1) is 5.92 Å². The number of rotatable bonds is 7. The summed E-state index contributed by atoms with van der Waals surface area (Å²) in [6.07, 6.45) is 2.21. The van der Waals surface area contributed by atoms with Gasteiger partial charge in [0.2, 0.25) is 0 Å². The van der Waals surface area contributed by atoms with E-state index in [1.807, 2.05) is 51.2 Å². The molecule has 2 heterocycles. The van der Waals surface area contributed by atoms with Crippen molar-refractivity contribution in [3.05, 3.63) is 35.9 Å². The summed E-state index contributed by atoms with van der Waals surface area (Å²) < 4.78 is 11.5. The first-order chi connectivity index (χ1) is 13.4. The highest BCUT2D eigenvalue weighted by molar-refractivity contribution is 5.78. The number of aliphatic hydroxyl groups excluding tert-OH is 1. The maximum Gasteiger partial charge on any atom is 0.316 e. The predicted molar refractivity (Wildman–Crippen MR) is 105 cm³/mol. The Morgan fingerprint density at radius 3 is 2.50 bits per heavy atom. The van der Waals surface area contributed by atoms with E-state index in [4.69, 9.17) is 9.47 Å². The average Bonchev–Trinajstić information content (AvgIpc) is 2.81. The molecule has 6 nitrogen and oxygen atoms in total. The number of aliphatic hydroxyl groups is 1. The minimum Gasteiger partial charge on any atom is -0.462 e. The molecule has 2 saturated heterocycles. The molecule has 154 valence electrons. The number of esters is 2. The van der Waals surface area contributed by atoms with Crippen LogP contribution in [-0.4, -0.2) is 59.9 Å². The molecule has 0 aliphatic carbocycles. The summed E-state index contributed by atoms with van der Waals surface area (Å²) in [4.78, 5) is 27.0. The van der Waals surface area contributed by atoms with Crippen LogP contribution in [-0.2, 0) is 19.1 Å². The number of ether oxygens (including phenoxy) is 2. The molecule has 2 fully saturated rings. The number of carbonyl (C=O) groups excluding carboxylic acids is 2. The van der Waals surface area contributed by atoms with Crippen molar-refractivity contribution in [2.24, 2.45) is 5.92 Å². The summed E-state index contributed by atoms with van der Waals surface area (Å²) in [5, 5.41) is 9.68. The molecule has 0 radical (unpaired) electrons. The van der Waals surface area contributed by atoms with Crippen molar-refractivity contribution in [2.75, 3.05) is 13.7 Å². The van der Waals surface area contributed by atoms with E-state index in [1.54, 1.807) is 0 Å². The van der Waals surface area contributed by atoms with Crippen molar-refractivity contribution in [3.63, 3.8) is 0 Å². The molecule has 2 aliphatic rings. The van der Waals surface area contributed by atoms with Gasteiger partial charge in [0, 0.05) is 31.7 Å². The molecular weight excluding hydrogens is 358 g/mol. The molecule has 0 saturated carbocycles. The third kappa shape index (κ3) is 4.73. The van der Waals surface area contributed by atoms with Gasteiger partial charge in [0.15, 0.2) is 0 Å².